The van der Waals surface area contributed by atoms with Gasteiger partial charge in [0.15, 0.2) is 0 Å². The molecule has 0 bridgehead atoms. The molecule has 1 atom stereocenters. The van der Waals surface area contributed by atoms with Gasteiger partial charge in [0.05, 0.1) is 10.9 Å². The quantitative estimate of drug-likeness (QED) is 0.778. The predicted molar refractivity (Wildman–Crippen MR) is 104 cm³/mol. The summed E-state index contributed by atoms with van der Waals surface area (Å²) in [5.74, 6) is -0.293. The number of sulfonamides is 1. The summed E-state index contributed by atoms with van der Waals surface area (Å²) < 4.78 is 27.1. The van der Waals surface area contributed by atoms with Crippen LogP contribution in [0.3, 0.4) is 0 Å². The van der Waals surface area contributed by atoms with E-state index in [1.807, 2.05) is 38.1 Å². The van der Waals surface area contributed by atoms with Gasteiger partial charge in [0, 0.05) is 11.6 Å². The van der Waals surface area contributed by atoms with E-state index in [0.717, 1.165) is 17.5 Å². The Labute approximate surface area is 155 Å². The molecule has 0 saturated carbocycles. The van der Waals surface area contributed by atoms with Gasteiger partial charge >= 0.3 is 0 Å². The molecule has 140 valence electrons. The van der Waals surface area contributed by atoms with Crippen LogP contribution < -0.4 is 10.0 Å². The number of aryl methyl sites for hydroxylation is 1. The second-order valence-corrected chi connectivity index (χ2v) is 8.36. The fourth-order valence-electron chi connectivity index (χ4n) is 2.64. The number of rotatable bonds is 7. The molecular formula is C20H26N2O3S. The smallest absolute Gasteiger partial charge is 0.251 e. The second-order valence-electron chi connectivity index (χ2n) is 6.65. The van der Waals surface area contributed by atoms with Gasteiger partial charge < -0.3 is 5.32 Å². The van der Waals surface area contributed by atoms with Gasteiger partial charge in [0.25, 0.3) is 5.91 Å². The molecule has 1 amide bonds. The summed E-state index contributed by atoms with van der Waals surface area (Å²) >= 11 is 0. The number of amides is 1. The highest BCUT2D eigenvalue weighted by Crippen LogP contribution is 2.19. The van der Waals surface area contributed by atoms with Crippen molar-refractivity contribution in [1.29, 1.82) is 0 Å². The Kier molecular flexibility index (Phi) is 6.56. The molecule has 1 unspecified atom stereocenters. The molecule has 2 N–H and O–H groups in total. The van der Waals surface area contributed by atoms with E-state index in [0.29, 0.717) is 5.56 Å². The third kappa shape index (κ3) is 5.16. The van der Waals surface area contributed by atoms with Crippen LogP contribution in [0.4, 0.5) is 0 Å². The van der Waals surface area contributed by atoms with Crippen molar-refractivity contribution in [2.24, 2.45) is 0 Å². The van der Waals surface area contributed by atoms with Crippen LogP contribution in [0.5, 0.6) is 0 Å². The number of hydrogen-bond acceptors (Lipinski definition) is 3. The Hall–Kier alpha value is -2.18. The average Bonchev–Trinajstić information content (AvgIpc) is 2.59. The monoisotopic (exact) mass is 374 g/mol. The van der Waals surface area contributed by atoms with E-state index in [1.165, 1.54) is 12.1 Å². The molecule has 0 aromatic heterocycles. The van der Waals surface area contributed by atoms with Crippen molar-refractivity contribution in [2.45, 2.75) is 51.1 Å². The summed E-state index contributed by atoms with van der Waals surface area (Å²) in [5, 5.41) is 2.98. The lowest BCUT2D eigenvalue weighted by molar-refractivity contribution is 0.0935. The fraction of sp³-hybridized carbons (Fsp3) is 0.350. The van der Waals surface area contributed by atoms with Crippen LogP contribution in [0.15, 0.2) is 53.4 Å². The Balaban J connectivity index is 2.21. The minimum absolute atomic E-state index is 0.0854. The first-order valence-corrected chi connectivity index (χ1v) is 10.2. The summed E-state index contributed by atoms with van der Waals surface area (Å²) in [6, 6.07) is 13.8. The molecule has 5 nitrogen and oxygen atoms in total. The number of carbonyl (C=O) groups is 1. The van der Waals surface area contributed by atoms with Gasteiger partial charge in [-0.25, -0.2) is 13.1 Å². The van der Waals surface area contributed by atoms with Gasteiger partial charge in [-0.15, -0.1) is 0 Å². The fourth-order valence-corrected chi connectivity index (χ4v) is 3.94. The average molecular weight is 375 g/mol. The van der Waals surface area contributed by atoms with Gasteiger partial charge in [-0.05, 0) is 51.0 Å². The Morgan fingerprint density at radius 1 is 1.08 bits per heavy atom. The maximum absolute atomic E-state index is 12.6. The summed E-state index contributed by atoms with van der Waals surface area (Å²) in [7, 11) is -3.64. The zero-order chi connectivity index (χ0) is 19.3. The summed E-state index contributed by atoms with van der Waals surface area (Å²) in [4.78, 5) is 12.7. The van der Waals surface area contributed by atoms with Crippen molar-refractivity contribution in [2.75, 3.05) is 0 Å². The van der Waals surface area contributed by atoms with E-state index >= 15 is 0 Å². The lowest BCUT2D eigenvalue weighted by atomic mass is 10.0. The molecule has 0 aliphatic carbocycles. The summed E-state index contributed by atoms with van der Waals surface area (Å²) in [6.07, 6.45) is 0.738. The molecular weight excluding hydrogens is 348 g/mol. The Morgan fingerprint density at radius 3 is 2.31 bits per heavy atom. The van der Waals surface area contributed by atoms with Gasteiger partial charge in [-0.1, -0.05) is 42.8 Å². The zero-order valence-electron chi connectivity index (χ0n) is 15.6. The molecule has 0 fully saturated rings. The van der Waals surface area contributed by atoms with Crippen LogP contribution in [0.25, 0.3) is 0 Å². The Bertz CT molecular complexity index is 859. The van der Waals surface area contributed by atoms with Crippen LogP contribution in [0, 0.1) is 6.92 Å². The maximum atomic E-state index is 12.6. The van der Waals surface area contributed by atoms with Gasteiger partial charge in [-0.3, -0.25) is 4.79 Å². The Morgan fingerprint density at radius 2 is 1.73 bits per heavy atom. The van der Waals surface area contributed by atoms with Crippen LogP contribution in [-0.4, -0.2) is 20.4 Å². The molecule has 0 aliphatic heterocycles. The van der Waals surface area contributed by atoms with Crippen molar-refractivity contribution < 1.29 is 13.2 Å². The highest BCUT2D eigenvalue weighted by atomic mass is 32.2. The van der Waals surface area contributed by atoms with Crippen LogP contribution >= 0.6 is 0 Å². The molecule has 6 heteroatoms. The first-order valence-electron chi connectivity index (χ1n) is 8.72. The van der Waals surface area contributed by atoms with Crippen molar-refractivity contribution >= 4 is 15.9 Å². The summed E-state index contributed by atoms with van der Waals surface area (Å²) in [5.41, 5.74) is 2.50. The molecule has 2 aromatic rings. The number of carbonyl (C=O) groups excluding carboxylic acids is 1. The lowest BCUT2D eigenvalue weighted by Crippen LogP contribution is -2.31. The molecule has 0 heterocycles. The molecule has 0 radical (unpaired) electrons. The normalized spacial score (nSPS) is 12.8. The highest BCUT2D eigenvalue weighted by Gasteiger charge is 2.19. The molecule has 0 saturated heterocycles. The molecule has 26 heavy (non-hydrogen) atoms. The maximum Gasteiger partial charge on any atom is 0.251 e. The number of benzene rings is 2. The molecule has 0 spiro atoms. The van der Waals surface area contributed by atoms with E-state index < -0.39 is 10.0 Å². The van der Waals surface area contributed by atoms with E-state index in [4.69, 9.17) is 0 Å². The minimum Gasteiger partial charge on any atom is -0.345 e. The third-order valence-electron chi connectivity index (χ3n) is 3.99. The first-order chi connectivity index (χ1) is 12.2. The van der Waals surface area contributed by atoms with Crippen molar-refractivity contribution in [3.05, 3.63) is 65.2 Å². The topological polar surface area (TPSA) is 75.3 Å². The lowest BCUT2D eigenvalue weighted by Gasteiger charge is -2.18. The predicted octanol–water partition coefficient (Wildman–Crippen LogP) is 3.56. The third-order valence-corrected chi connectivity index (χ3v) is 5.65. The highest BCUT2D eigenvalue weighted by molar-refractivity contribution is 7.89. The van der Waals surface area contributed by atoms with Crippen molar-refractivity contribution in [3.63, 3.8) is 0 Å². The van der Waals surface area contributed by atoms with Crippen LogP contribution in [0.2, 0.25) is 0 Å². The van der Waals surface area contributed by atoms with E-state index in [-0.39, 0.29) is 22.9 Å². The van der Waals surface area contributed by atoms with Gasteiger partial charge in [0.1, 0.15) is 0 Å². The minimum atomic E-state index is -3.64. The van der Waals surface area contributed by atoms with Crippen molar-refractivity contribution in [1.82, 2.24) is 10.0 Å². The van der Waals surface area contributed by atoms with E-state index in [2.05, 4.69) is 10.0 Å². The van der Waals surface area contributed by atoms with Gasteiger partial charge in [0.2, 0.25) is 10.0 Å². The number of hydrogen-bond donors (Lipinski definition) is 2. The first kappa shape index (κ1) is 20.1. The molecule has 2 rings (SSSR count). The van der Waals surface area contributed by atoms with Gasteiger partial charge in [-0.2, -0.15) is 0 Å². The standard InChI is InChI=1S/C20H26N2O3S/c1-5-19(16-11-9-15(4)10-12-16)21-20(23)17-7-6-8-18(13-17)26(24,25)22-14(2)3/h6-14,19,22H,5H2,1-4H3,(H,21,23). The number of nitrogens with one attached hydrogen (secondary N) is 2. The second kappa shape index (κ2) is 8.47. The molecule has 0 aliphatic rings. The van der Waals surface area contributed by atoms with Crippen LogP contribution in [-0.2, 0) is 10.0 Å². The van der Waals surface area contributed by atoms with Crippen molar-refractivity contribution in [3.8, 4) is 0 Å². The summed E-state index contributed by atoms with van der Waals surface area (Å²) in [6.45, 7) is 7.52. The van der Waals surface area contributed by atoms with E-state index in [9.17, 15) is 13.2 Å². The van der Waals surface area contributed by atoms with Crippen LogP contribution in [0.1, 0.15) is 54.7 Å². The largest absolute Gasteiger partial charge is 0.345 e. The van der Waals surface area contributed by atoms with E-state index in [1.54, 1.807) is 26.0 Å². The zero-order valence-corrected chi connectivity index (χ0v) is 16.4. The SMILES string of the molecule is CCC(NC(=O)c1cccc(S(=O)(=O)NC(C)C)c1)c1ccc(C)cc1. The molecule has 2 aromatic carbocycles.